The Bertz CT molecular complexity index is 414. The van der Waals surface area contributed by atoms with Gasteiger partial charge in [0.1, 0.15) is 5.82 Å². The number of rotatable bonds is 5. The molecular formula is C15H24FN3. The first-order valence-electron chi connectivity index (χ1n) is 7.14. The first-order chi connectivity index (χ1) is 9.05. The molecule has 1 fully saturated rings. The third kappa shape index (κ3) is 3.12. The predicted octanol–water partition coefficient (Wildman–Crippen LogP) is 2.75. The van der Waals surface area contributed by atoms with Gasteiger partial charge in [-0.3, -0.25) is 9.88 Å². The van der Waals surface area contributed by atoms with Gasteiger partial charge in [0.15, 0.2) is 0 Å². The summed E-state index contributed by atoms with van der Waals surface area (Å²) in [6, 6.07) is 1.69. The molecule has 2 rings (SSSR count). The Kier molecular flexibility index (Phi) is 4.53. The smallest absolute Gasteiger partial charge is 0.141 e. The van der Waals surface area contributed by atoms with Crippen LogP contribution >= 0.6 is 0 Å². The van der Waals surface area contributed by atoms with Gasteiger partial charge in [-0.15, -0.1) is 0 Å². The molecule has 0 aliphatic carbocycles. The van der Waals surface area contributed by atoms with E-state index in [1.165, 1.54) is 19.0 Å². The summed E-state index contributed by atoms with van der Waals surface area (Å²) >= 11 is 0. The molecule has 0 bridgehead atoms. The van der Waals surface area contributed by atoms with Crippen LogP contribution in [-0.4, -0.2) is 35.1 Å². The van der Waals surface area contributed by atoms with E-state index in [4.69, 9.17) is 0 Å². The van der Waals surface area contributed by atoms with Gasteiger partial charge in [-0.2, -0.15) is 0 Å². The van der Waals surface area contributed by atoms with Crippen LogP contribution < -0.4 is 5.32 Å². The van der Waals surface area contributed by atoms with Gasteiger partial charge < -0.3 is 5.32 Å². The Morgan fingerprint density at radius 1 is 1.37 bits per heavy atom. The highest BCUT2D eigenvalue weighted by Gasteiger charge is 2.37. The van der Waals surface area contributed by atoms with Gasteiger partial charge >= 0.3 is 0 Å². The summed E-state index contributed by atoms with van der Waals surface area (Å²) in [5.74, 6) is -0.266. The maximum absolute atomic E-state index is 13.4. The van der Waals surface area contributed by atoms with Crippen LogP contribution in [0.1, 0.15) is 45.2 Å². The van der Waals surface area contributed by atoms with Crippen LogP contribution in [0, 0.1) is 5.82 Å². The van der Waals surface area contributed by atoms with E-state index in [1.807, 2.05) is 0 Å². The van der Waals surface area contributed by atoms with Gasteiger partial charge in [-0.05, 0) is 58.0 Å². The Balaban J connectivity index is 2.28. The summed E-state index contributed by atoms with van der Waals surface area (Å²) in [5, 5.41) is 3.49. The quantitative estimate of drug-likeness (QED) is 0.887. The normalized spacial score (nSPS) is 18.7. The predicted molar refractivity (Wildman–Crippen MR) is 75.5 cm³/mol. The van der Waals surface area contributed by atoms with Crippen molar-refractivity contribution in [2.45, 2.75) is 45.2 Å². The van der Waals surface area contributed by atoms with Gasteiger partial charge in [0.25, 0.3) is 0 Å². The molecule has 1 saturated heterocycles. The third-order valence-electron chi connectivity index (χ3n) is 4.10. The van der Waals surface area contributed by atoms with Crippen molar-refractivity contribution in [3.05, 3.63) is 29.8 Å². The highest BCUT2D eigenvalue weighted by Crippen LogP contribution is 2.33. The van der Waals surface area contributed by atoms with Crippen LogP contribution in [-0.2, 0) is 0 Å². The Morgan fingerprint density at radius 3 is 2.63 bits per heavy atom. The molecule has 0 saturated carbocycles. The van der Waals surface area contributed by atoms with E-state index in [0.717, 1.165) is 25.2 Å². The average molecular weight is 265 g/mol. The lowest BCUT2D eigenvalue weighted by atomic mass is 9.87. The van der Waals surface area contributed by atoms with Crippen molar-refractivity contribution in [2.24, 2.45) is 0 Å². The fourth-order valence-electron chi connectivity index (χ4n) is 3.04. The monoisotopic (exact) mass is 265 g/mol. The molecule has 0 spiro atoms. The highest BCUT2D eigenvalue weighted by molar-refractivity contribution is 5.20. The third-order valence-corrected chi connectivity index (χ3v) is 4.10. The Labute approximate surface area is 115 Å². The SMILES string of the molecule is CCNC(c1cncc(F)c1)C(C)(C)N1CCCC1. The summed E-state index contributed by atoms with van der Waals surface area (Å²) < 4.78 is 13.4. The molecule has 1 unspecified atom stereocenters. The van der Waals surface area contributed by atoms with Crippen LogP contribution in [0.3, 0.4) is 0 Å². The fraction of sp³-hybridized carbons (Fsp3) is 0.667. The number of halogens is 1. The lowest BCUT2D eigenvalue weighted by molar-refractivity contribution is 0.107. The summed E-state index contributed by atoms with van der Waals surface area (Å²) in [4.78, 5) is 6.49. The van der Waals surface area contributed by atoms with Crippen LogP contribution in [0.25, 0.3) is 0 Å². The largest absolute Gasteiger partial charge is 0.309 e. The standard InChI is InChI=1S/C15H24FN3/c1-4-18-14(12-9-13(16)11-17-10-12)15(2,3)19-7-5-6-8-19/h9-11,14,18H,4-8H2,1-3H3. The van der Waals surface area contributed by atoms with E-state index in [0.29, 0.717) is 0 Å². The molecule has 1 atom stereocenters. The van der Waals surface area contributed by atoms with E-state index in [1.54, 1.807) is 12.3 Å². The van der Waals surface area contributed by atoms with E-state index < -0.39 is 0 Å². The first-order valence-corrected chi connectivity index (χ1v) is 7.14. The molecule has 106 valence electrons. The van der Waals surface area contributed by atoms with Crippen LogP contribution in [0.2, 0.25) is 0 Å². The van der Waals surface area contributed by atoms with Crippen molar-refractivity contribution in [3.63, 3.8) is 0 Å². The second kappa shape index (κ2) is 5.97. The number of pyridine rings is 1. The van der Waals surface area contributed by atoms with Gasteiger partial charge in [0.2, 0.25) is 0 Å². The summed E-state index contributed by atoms with van der Waals surface area (Å²) in [6.07, 6.45) is 5.54. The van der Waals surface area contributed by atoms with Crippen LogP contribution in [0.4, 0.5) is 4.39 Å². The number of hydrogen-bond acceptors (Lipinski definition) is 3. The zero-order chi connectivity index (χ0) is 13.9. The zero-order valence-corrected chi connectivity index (χ0v) is 12.1. The molecule has 1 aliphatic rings. The van der Waals surface area contributed by atoms with Crippen LogP contribution in [0.5, 0.6) is 0 Å². The van der Waals surface area contributed by atoms with E-state index in [9.17, 15) is 4.39 Å². The number of aromatic nitrogens is 1. The van der Waals surface area contributed by atoms with E-state index in [2.05, 4.69) is 36.0 Å². The molecule has 3 nitrogen and oxygen atoms in total. The molecule has 1 aromatic rings. The second-order valence-corrected chi connectivity index (χ2v) is 5.78. The van der Waals surface area contributed by atoms with E-state index in [-0.39, 0.29) is 17.4 Å². The molecule has 0 amide bonds. The molecule has 2 heterocycles. The second-order valence-electron chi connectivity index (χ2n) is 5.78. The van der Waals surface area contributed by atoms with Gasteiger partial charge in [0.05, 0.1) is 12.2 Å². The number of nitrogens with zero attached hydrogens (tertiary/aromatic N) is 2. The number of likely N-dealkylation sites (tertiary alicyclic amines) is 1. The van der Waals surface area contributed by atoms with Gasteiger partial charge in [-0.25, -0.2) is 4.39 Å². The molecule has 1 aliphatic heterocycles. The highest BCUT2D eigenvalue weighted by atomic mass is 19.1. The maximum Gasteiger partial charge on any atom is 0.141 e. The summed E-state index contributed by atoms with van der Waals surface area (Å²) in [6.45, 7) is 9.65. The summed E-state index contributed by atoms with van der Waals surface area (Å²) in [7, 11) is 0. The molecule has 4 heteroatoms. The average Bonchev–Trinajstić information content (AvgIpc) is 2.90. The van der Waals surface area contributed by atoms with Crippen molar-refractivity contribution in [2.75, 3.05) is 19.6 Å². The minimum atomic E-state index is -0.266. The topological polar surface area (TPSA) is 28.2 Å². The number of nitrogens with one attached hydrogen (secondary N) is 1. The molecule has 0 radical (unpaired) electrons. The lowest BCUT2D eigenvalue weighted by Crippen LogP contribution is -2.51. The first kappa shape index (κ1) is 14.4. The number of likely N-dealkylation sites (N-methyl/N-ethyl adjacent to an activating group) is 1. The van der Waals surface area contributed by atoms with Crippen molar-refractivity contribution < 1.29 is 4.39 Å². The minimum Gasteiger partial charge on any atom is -0.309 e. The van der Waals surface area contributed by atoms with Crippen molar-refractivity contribution in [1.29, 1.82) is 0 Å². The van der Waals surface area contributed by atoms with Gasteiger partial charge in [-0.1, -0.05) is 6.92 Å². The van der Waals surface area contributed by atoms with Crippen molar-refractivity contribution >= 4 is 0 Å². The molecule has 1 aromatic heterocycles. The fourth-order valence-corrected chi connectivity index (χ4v) is 3.04. The Hall–Kier alpha value is -1.00. The Morgan fingerprint density at radius 2 is 2.05 bits per heavy atom. The zero-order valence-electron chi connectivity index (χ0n) is 12.1. The molecule has 1 N–H and O–H groups in total. The van der Waals surface area contributed by atoms with Crippen molar-refractivity contribution in [1.82, 2.24) is 15.2 Å². The van der Waals surface area contributed by atoms with Gasteiger partial charge in [0, 0.05) is 11.7 Å². The minimum absolute atomic E-state index is 0.0397. The lowest BCUT2D eigenvalue weighted by Gasteiger charge is -2.42. The summed E-state index contributed by atoms with van der Waals surface area (Å²) in [5.41, 5.74) is 0.890. The maximum atomic E-state index is 13.4. The van der Waals surface area contributed by atoms with Crippen molar-refractivity contribution in [3.8, 4) is 0 Å². The molecule has 0 aromatic carbocycles. The molecule has 19 heavy (non-hydrogen) atoms. The van der Waals surface area contributed by atoms with E-state index >= 15 is 0 Å². The molecular weight excluding hydrogens is 241 g/mol. The number of hydrogen-bond donors (Lipinski definition) is 1. The van der Waals surface area contributed by atoms with Crippen LogP contribution in [0.15, 0.2) is 18.5 Å².